The quantitative estimate of drug-likeness (QED) is 0.717. The maximum atomic E-state index is 10.4. The van der Waals surface area contributed by atoms with Gasteiger partial charge in [-0.25, -0.2) is 0 Å². The van der Waals surface area contributed by atoms with E-state index in [9.17, 15) is 4.79 Å². The van der Waals surface area contributed by atoms with Crippen molar-refractivity contribution in [3.05, 3.63) is 0 Å². The van der Waals surface area contributed by atoms with Gasteiger partial charge in [-0.05, 0) is 13.8 Å². The summed E-state index contributed by atoms with van der Waals surface area (Å²) in [7, 11) is 0. The third kappa shape index (κ3) is 3.24. The Morgan fingerprint density at radius 3 is 1.55 bits per heavy atom. The lowest BCUT2D eigenvalue weighted by atomic mass is 9.96. The highest BCUT2D eigenvalue weighted by Gasteiger charge is 2.46. The van der Waals surface area contributed by atoms with Crippen molar-refractivity contribution in [2.75, 3.05) is 0 Å². The van der Waals surface area contributed by atoms with Crippen LogP contribution in [0.2, 0.25) is 0 Å². The second-order valence-corrected chi connectivity index (χ2v) is 4.71. The van der Waals surface area contributed by atoms with Gasteiger partial charge in [-0.1, -0.05) is 34.8 Å². The Morgan fingerprint density at radius 2 is 1.55 bits per heavy atom. The molecule has 0 saturated carbocycles. The van der Waals surface area contributed by atoms with Crippen molar-refractivity contribution in [1.29, 1.82) is 0 Å². The smallest absolute Gasteiger partial charge is 0.313 e. The fraction of sp³-hybridized carbons (Fsp3) is 0.800. The molecule has 0 unspecified atom stereocenters. The highest BCUT2D eigenvalue weighted by atomic mass is 35.6. The predicted molar refractivity (Wildman–Crippen MR) is 49.0 cm³/mol. The summed E-state index contributed by atoms with van der Waals surface area (Å²) in [6.45, 7) is 2.70. The van der Waals surface area contributed by atoms with Crippen LogP contribution >= 0.6 is 47.2 Å². The lowest BCUT2D eigenvalue weighted by Crippen LogP contribution is -2.37. The molecule has 0 bridgehead atoms. The van der Waals surface area contributed by atoms with Crippen LogP contribution < -0.4 is 0 Å². The molecule has 68 valence electrons. The summed E-state index contributed by atoms with van der Waals surface area (Å²) in [6.07, 6.45) is 0. The lowest BCUT2D eigenvalue weighted by Gasteiger charge is -2.26. The number of halogens is 4. The van der Waals surface area contributed by atoms with E-state index < -0.39 is 15.2 Å². The fourth-order valence-electron chi connectivity index (χ4n) is 0.121. The van der Waals surface area contributed by atoms with Crippen molar-refractivity contribution in [1.82, 2.24) is 0 Å². The van der Waals surface area contributed by atoms with Crippen molar-refractivity contribution in [3.8, 4) is 0 Å². The van der Waals surface area contributed by atoms with Gasteiger partial charge in [0.2, 0.25) is 3.79 Å². The van der Waals surface area contributed by atoms with E-state index in [-0.39, 0.29) is 12.4 Å². The van der Waals surface area contributed by atoms with E-state index in [0.717, 1.165) is 0 Å². The van der Waals surface area contributed by atoms with Crippen LogP contribution in [0.5, 0.6) is 0 Å². The topological polar surface area (TPSA) is 37.3 Å². The number of carboxylic acid groups (broad SMARTS) is 1. The van der Waals surface area contributed by atoms with Crippen molar-refractivity contribution in [3.63, 3.8) is 0 Å². The summed E-state index contributed by atoms with van der Waals surface area (Å²) >= 11 is 16.1. The van der Waals surface area contributed by atoms with E-state index in [4.69, 9.17) is 39.9 Å². The molecule has 6 heteroatoms. The van der Waals surface area contributed by atoms with Crippen LogP contribution in [-0.4, -0.2) is 14.9 Å². The number of alkyl halides is 3. The van der Waals surface area contributed by atoms with Gasteiger partial charge in [0.15, 0.2) is 0 Å². The van der Waals surface area contributed by atoms with Crippen molar-refractivity contribution in [2.24, 2.45) is 5.41 Å². The molecular formula is C5H8Cl4O2. The normalized spacial score (nSPS) is 12.1. The zero-order valence-corrected chi connectivity index (χ0v) is 8.98. The minimum absolute atomic E-state index is 0. The molecule has 0 spiro atoms. The summed E-state index contributed by atoms with van der Waals surface area (Å²) in [5, 5.41) is 8.52. The minimum Gasteiger partial charge on any atom is -0.481 e. The molecule has 0 aromatic rings. The molecule has 0 heterocycles. The summed E-state index contributed by atoms with van der Waals surface area (Å²) in [5.74, 6) is -1.13. The molecule has 0 saturated heterocycles. The van der Waals surface area contributed by atoms with E-state index in [1.54, 1.807) is 0 Å². The Hall–Kier alpha value is 0.630. The molecule has 0 amide bonds. The van der Waals surface area contributed by atoms with Crippen LogP contribution in [0.4, 0.5) is 0 Å². The highest BCUT2D eigenvalue weighted by Crippen LogP contribution is 2.44. The minimum atomic E-state index is -1.77. The van der Waals surface area contributed by atoms with Crippen molar-refractivity contribution in [2.45, 2.75) is 17.6 Å². The summed E-state index contributed by atoms with van der Waals surface area (Å²) in [5.41, 5.74) is -1.35. The first-order valence-electron chi connectivity index (χ1n) is 2.49. The van der Waals surface area contributed by atoms with E-state index in [0.29, 0.717) is 0 Å². The van der Waals surface area contributed by atoms with E-state index in [2.05, 4.69) is 0 Å². The van der Waals surface area contributed by atoms with E-state index in [1.807, 2.05) is 0 Å². The molecule has 0 atom stereocenters. The monoisotopic (exact) mass is 240 g/mol. The van der Waals surface area contributed by atoms with E-state index in [1.165, 1.54) is 13.8 Å². The molecule has 0 aliphatic carbocycles. The molecule has 0 rings (SSSR count). The Kier molecular flexibility index (Phi) is 5.20. The average Bonchev–Trinajstić information content (AvgIpc) is 1.62. The van der Waals surface area contributed by atoms with Crippen molar-refractivity contribution >= 4 is 53.2 Å². The maximum absolute atomic E-state index is 10.4. The van der Waals surface area contributed by atoms with Gasteiger partial charge < -0.3 is 5.11 Å². The standard InChI is InChI=1S/C5H7Cl3O2.ClH/c1-4(2,3(9)10)5(6,7)8;/h1-2H3,(H,9,10);1H. The van der Waals surface area contributed by atoms with Crippen LogP contribution in [0.25, 0.3) is 0 Å². The molecule has 11 heavy (non-hydrogen) atoms. The maximum Gasteiger partial charge on any atom is 0.313 e. The number of carbonyl (C=O) groups is 1. The molecule has 0 radical (unpaired) electrons. The highest BCUT2D eigenvalue weighted by molar-refractivity contribution is 6.68. The third-order valence-electron chi connectivity index (χ3n) is 1.24. The Morgan fingerprint density at radius 1 is 1.27 bits per heavy atom. The number of hydrogen-bond donors (Lipinski definition) is 1. The molecule has 0 aromatic carbocycles. The zero-order valence-electron chi connectivity index (χ0n) is 5.90. The van der Waals surface area contributed by atoms with Gasteiger partial charge in [-0.3, -0.25) is 4.79 Å². The summed E-state index contributed by atoms with van der Waals surface area (Å²) < 4.78 is -1.77. The van der Waals surface area contributed by atoms with E-state index >= 15 is 0 Å². The SMILES string of the molecule is CC(C)(C(=O)O)C(Cl)(Cl)Cl.Cl. The van der Waals surface area contributed by atoms with Crippen LogP contribution in [-0.2, 0) is 4.79 Å². The molecule has 0 aliphatic heterocycles. The fourth-order valence-corrected chi connectivity index (χ4v) is 0.364. The predicted octanol–water partition coefficient (Wildman–Crippen LogP) is 2.89. The Bertz CT molecular complexity index is 149. The summed E-state index contributed by atoms with van der Waals surface area (Å²) in [4.78, 5) is 10.4. The second-order valence-electron chi connectivity index (χ2n) is 2.43. The first-order chi connectivity index (χ1) is 4.19. The molecular weight excluding hydrogens is 234 g/mol. The molecule has 0 aromatic heterocycles. The Labute approximate surface area is 86.2 Å². The van der Waals surface area contributed by atoms with Gasteiger partial charge in [-0.15, -0.1) is 12.4 Å². The second kappa shape index (κ2) is 4.04. The lowest BCUT2D eigenvalue weighted by molar-refractivity contribution is -0.146. The van der Waals surface area contributed by atoms with Gasteiger partial charge >= 0.3 is 5.97 Å². The van der Waals surface area contributed by atoms with Gasteiger partial charge in [-0.2, -0.15) is 0 Å². The molecule has 0 aliphatic rings. The number of carboxylic acids is 1. The van der Waals surface area contributed by atoms with Crippen LogP contribution in [0, 0.1) is 5.41 Å². The first-order valence-corrected chi connectivity index (χ1v) is 3.63. The average molecular weight is 242 g/mol. The third-order valence-corrected chi connectivity index (χ3v) is 2.66. The van der Waals surface area contributed by atoms with Crippen LogP contribution in [0.1, 0.15) is 13.8 Å². The van der Waals surface area contributed by atoms with Gasteiger partial charge in [0, 0.05) is 0 Å². The Balaban J connectivity index is 0. The molecule has 0 fully saturated rings. The summed E-state index contributed by atoms with van der Waals surface area (Å²) in [6, 6.07) is 0. The molecule has 1 N–H and O–H groups in total. The van der Waals surface area contributed by atoms with Gasteiger partial charge in [0.05, 0.1) is 0 Å². The van der Waals surface area contributed by atoms with Gasteiger partial charge in [0.1, 0.15) is 5.41 Å². The number of aliphatic carboxylic acids is 1. The van der Waals surface area contributed by atoms with Crippen molar-refractivity contribution < 1.29 is 9.90 Å². The number of rotatable bonds is 1. The zero-order chi connectivity index (χ0) is 8.58. The van der Waals surface area contributed by atoms with Gasteiger partial charge in [0.25, 0.3) is 0 Å². The van der Waals surface area contributed by atoms with Crippen LogP contribution in [0.15, 0.2) is 0 Å². The number of hydrogen-bond acceptors (Lipinski definition) is 1. The molecule has 2 nitrogen and oxygen atoms in total. The largest absolute Gasteiger partial charge is 0.481 e. The first kappa shape index (κ1) is 14.2. The van der Waals surface area contributed by atoms with Crippen LogP contribution in [0.3, 0.4) is 0 Å².